The lowest BCUT2D eigenvalue weighted by molar-refractivity contribution is 0.0692. The number of aryl methyl sites for hydroxylation is 1. The Morgan fingerprint density at radius 3 is 2.93 bits per heavy atom. The minimum absolute atomic E-state index is 0.0374. The predicted molar refractivity (Wildman–Crippen MR) is 110 cm³/mol. The van der Waals surface area contributed by atoms with Gasteiger partial charge in [-0.2, -0.15) is 0 Å². The van der Waals surface area contributed by atoms with Crippen LogP contribution >= 0.6 is 0 Å². The number of nitrogens with one attached hydrogen (secondary N) is 1. The standard InChI is InChI=1S/C22H29N5O3/c1-13-5-6-18-15(10-13)19(25-30-18)22(29)27-8-3-4-14(11-27)20-23-17-7-9-26(2)12-16(17)21(28)24-20/h13-14H,3-12H2,1-2H3,(H,23,24,28)/t13-,14+/m1/s1. The number of fused-ring (bicyclic) bond motifs is 2. The molecule has 0 spiro atoms. The number of nitrogens with zero attached hydrogens (tertiary/aromatic N) is 4. The molecule has 0 saturated carbocycles. The van der Waals surface area contributed by atoms with Gasteiger partial charge in [-0.3, -0.25) is 9.59 Å². The average Bonchev–Trinajstić information content (AvgIpc) is 3.16. The van der Waals surface area contributed by atoms with Crippen molar-refractivity contribution in [2.75, 3.05) is 26.7 Å². The van der Waals surface area contributed by atoms with Gasteiger partial charge < -0.3 is 19.3 Å². The molecular weight excluding hydrogens is 382 g/mol. The second-order valence-electron chi connectivity index (χ2n) is 9.24. The monoisotopic (exact) mass is 411 g/mol. The number of piperidine rings is 1. The summed E-state index contributed by atoms with van der Waals surface area (Å²) in [5.74, 6) is 2.12. The molecule has 3 aliphatic rings. The van der Waals surface area contributed by atoms with Crippen molar-refractivity contribution < 1.29 is 9.32 Å². The summed E-state index contributed by atoms with van der Waals surface area (Å²) >= 11 is 0. The molecule has 1 N–H and O–H groups in total. The van der Waals surface area contributed by atoms with Crippen LogP contribution in [0.15, 0.2) is 9.32 Å². The molecular formula is C22H29N5O3. The molecule has 1 aliphatic carbocycles. The van der Waals surface area contributed by atoms with Crippen LogP contribution in [0.5, 0.6) is 0 Å². The Morgan fingerprint density at radius 2 is 2.07 bits per heavy atom. The maximum atomic E-state index is 13.3. The number of hydrogen-bond donors (Lipinski definition) is 1. The van der Waals surface area contributed by atoms with Crippen LogP contribution < -0.4 is 5.56 Å². The van der Waals surface area contributed by atoms with E-state index in [2.05, 4.69) is 22.0 Å². The van der Waals surface area contributed by atoms with Crippen molar-refractivity contribution in [1.29, 1.82) is 0 Å². The van der Waals surface area contributed by atoms with Crippen molar-refractivity contribution in [3.63, 3.8) is 0 Å². The van der Waals surface area contributed by atoms with Gasteiger partial charge >= 0.3 is 0 Å². The van der Waals surface area contributed by atoms with E-state index in [-0.39, 0.29) is 17.4 Å². The highest BCUT2D eigenvalue weighted by Crippen LogP contribution is 2.31. The third-order valence-electron chi connectivity index (χ3n) is 6.86. The van der Waals surface area contributed by atoms with Gasteiger partial charge in [0.2, 0.25) is 0 Å². The van der Waals surface area contributed by atoms with Gasteiger partial charge in [-0.1, -0.05) is 12.1 Å². The Balaban J connectivity index is 1.37. The summed E-state index contributed by atoms with van der Waals surface area (Å²) in [7, 11) is 2.02. The van der Waals surface area contributed by atoms with Crippen molar-refractivity contribution in [1.82, 2.24) is 24.9 Å². The number of aromatic amines is 1. The van der Waals surface area contributed by atoms with Crippen LogP contribution in [0.2, 0.25) is 0 Å². The summed E-state index contributed by atoms with van der Waals surface area (Å²) < 4.78 is 5.48. The SMILES string of the molecule is C[C@@H]1CCc2onc(C(=O)N3CCC[C@H](c4nc5c(c(=O)[nH]4)CN(C)CC5)C3)c2C1. The van der Waals surface area contributed by atoms with E-state index in [4.69, 9.17) is 9.51 Å². The predicted octanol–water partition coefficient (Wildman–Crippen LogP) is 1.89. The summed E-state index contributed by atoms with van der Waals surface area (Å²) in [6.07, 6.45) is 5.38. The molecule has 0 unspecified atom stereocenters. The Bertz CT molecular complexity index is 1030. The van der Waals surface area contributed by atoms with Crippen molar-refractivity contribution in [2.45, 2.75) is 57.9 Å². The van der Waals surface area contributed by atoms with Gasteiger partial charge in [0.1, 0.15) is 11.6 Å². The molecule has 0 aromatic carbocycles. The number of carbonyl (C=O) groups is 1. The smallest absolute Gasteiger partial charge is 0.276 e. The van der Waals surface area contributed by atoms with E-state index in [0.717, 1.165) is 73.5 Å². The first-order valence-corrected chi connectivity index (χ1v) is 11.1. The van der Waals surface area contributed by atoms with Gasteiger partial charge in [-0.15, -0.1) is 0 Å². The Morgan fingerprint density at radius 1 is 1.20 bits per heavy atom. The molecule has 2 aromatic rings. The van der Waals surface area contributed by atoms with Gasteiger partial charge in [0, 0.05) is 50.5 Å². The van der Waals surface area contributed by atoms with Crippen LogP contribution in [0.3, 0.4) is 0 Å². The molecule has 160 valence electrons. The van der Waals surface area contributed by atoms with E-state index >= 15 is 0 Å². The maximum Gasteiger partial charge on any atom is 0.276 e. The highest BCUT2D eigenvalue weighted by Gasteiger charge is 2.33. The van der Waals surface area contributed by atoms with Crippen molar-refractivity contribution in [3.8, 4) is 0 Å². The molecule has 8 nitrogen and oxygen atoms in total. The minimum Gasteiger partial charge on any atom is -0.360 e. The lowest BCUT2D eigenvalue weighted by Crippen LogP contribution is -2.41. The lowest BCUT2D eigenvalue weighted by atomic mass is 9.88. The van der Waals surface area contributed by atoms with Crippen molar-refractivity contribution in [2.24, 2.45) is 5.92 Å². The number of hydrogen-bond acceptors (Lipinski definition) is 6. The number of likely N-dealkylation sites (N-methyl/N-ethyl adjacent to an activating group) is 1. The quantitative estimate of drug-likeness (QED) is 0.811. The number of aromatic nitrogens is 3. The van der Waals surface area contributed by atoms with Crippen LogP contribution in [-0.2, 0) is 25.8 Å². The number of carbonyl (C=O) groups excluding carboxylic acids is 1. The zero-order valence-electron chi connectivity index (χ0n) is 17.7. The fraction of sp³-hybridized carbons (Fsp3) is 0.636. The van der Waals surface area contributed by atoms with Crippen LogP contribution in [-0.4, -0.2) is 57.5 Å². The largest absolute Gasteiger partial charge is 0.360 e. The minimum atomic E-state index is -0.0549. The van der Waals surface area contributed by atoms with Crippen LogP contribution in [0.25, 0.3) is 0 Å². The molecule has 30 heavy (non-hydrogen) atoms. The molecule has 1 fully saturated rings. The number of rotatable bonds is 2. The molecule has 2 atom stereocenters. The summed E-state index contributed by atoms with van der Waals surface area (Å²) in [5.41, 5.74) is 3.12. The molecule has 1 saturated heterocycles. The lowest BCUT2D eigenvalue weighted by Gasteiger charge is -2.32. The molecule has 4 heterocycles. The first-order chi connectivity index (χ1) is 14.5. The van der Waals surface area contributed by atoms with E-state index in [9.17, 15) is 9.59 Å². The van der Waals surface area contributed by atoms with Gasteiger partial charge in [-0.25, -0.2) is 4.98 Å². The highest BCUT2D eigenvalue weighted by atomic mass is 16.5. The molecule has 5 rings (SSSR count). The molecule has 2 aliphatic heterocycles. The molecule has 2 aromatic heterocycles. The maximum absolute atomic E-state index is 13.3. The number of amides is 1. The topological polar surface area (TPSA) is 95.3 Å². The molecule has 1 amide bonds. The molecule has 0 bridgehead atoms. The van der Waals surface area contributed by atoms with E-state index in [1.54, 1.807) is 0 Å². The summed E-state index contributed by atoms with van der Waals surface area (Å²) in [5, 5.41) is 4.14. The third-order valence-corrected chi connectivity index (χ3v) is 6.86. The van der Waals surface area contributed by atoms with Crippen LogP contribution in [0, 0.1) is 5.92 Å². The number of likely N-dealkylation sites (tertiary alicyclic amines) is 1. The van der Waals surface area contributed by atoms with Gasteiger partial charge in [0.25, 0.3) is 11.5 Å². The second-order valence-corrected chi connectivity index (χ2v) is 9.24. The van der Waals surface area contributed by atoms with E-state index in [1.807, 2.05) is 11.9 Å². The second kappa shape index (κ2) is 7.65. The first-order valence-electron chi connectivity index (χ1n) is 11.1. The zero-order valence-corrected chi connectivity index (χ0v) is 17.7. The third kappa shape index (κ3) is 3.47. The van der Waals surface area contributed by atoms with E-state index < -0.39 is 0 Å². The first kappa shape index (κ1) is 19.5. The van der Waals surface area contributed by atoms with Crippen LogP contribution in [0.4, 0.5) is 0 Å². The van der Waals surface area contributed by atoms with Gasteiger partial charge in [0.15, 0.2) is 5.69 Å². The zero-order chi connectivity index (χ0) is 20.8. The number of H-pyrrole nitrogens is 1. The van der Waals surface area contributed by atoms with Crippen molar-refractivity contribution in [3.05, 3.63) is 44.5 Å². The van der Waals surface area contributed by atoms with Gasteiger partial charge in [-0.05, 0) is 38.6 Å². The Labute approximate surface area is 175 Å². The highest BCUT2D eigenvalue weighted by molar-refractivity contribution is 5.94. The average molecular weight is 412 g/mol. The van der Waals surface area contributed by atoms with Gasteiger partial charge in [0.05, 0.1) is 11.3 Å². The van der Waals surface area contributed by atoms with Crippen molar-refractivity contribution >= 4 is 5.91 Å². The van der Waals surface area contributed by atoms with E-state index in [0.29, 0.717) is 31.2 Å². The van der Waals surface area contributed by atoms with Crippen LogP contribution in [0.1, 0.15) is 71.0 Å². The summed E-state index contributed by atoms with van der Waals surface area (Å²) in [6.45, 7) is 5.01. The fourth-order valence-electron chi connectivity index (χ4n) is 5.05. The Kier molecular flexibility index (Phi) is 4.97. The summed E-state index contributed by atoms with van der Waals surface area (Å²) in [6, 6.07) is 0. The summed E-state index contributed by atoms with van der Waals surface area (Å²) in [4.78, 5) is 37.7. The van der Waals surface area contributed by atoms with E-state index in [1.165, 1.54) is 0 Å². The molecule has 8 heteroatoms. The fourth-order valence-corrected chi connectivity index (χ4v) is 5.05. The molecule has 0 radical (unpaired) electrons. The normalized spacial score (nSPS) is 24.4. The Hall–Kier alpha value is -2.48.